The van der Waals surface area contributed by atoms with Crippen LogP contribution in [0, 0.1) is 5.92 Å². The average molecular weight is 361 g/mol. The molecule has 0 bridgehead atoms. The fourth-order valence-corrected chi connectivity index (χ4v) is 5.34. The molecule has 2 aromatic heterocycles. The van der Waals surface area contributed by atoms with Crippen LogP contribution < -0.4 is 0 Å². The second-order valence-electron chi connectivity index (χ2n) is 7.08. The van der Waals surface area contributed by atoms with Gasteiger partial charge in [-0.1, -0.05) is 13.3 Å². The Bertz CT molecular complexity index is 682. The van der Waals surface area contributed by atoms with Crippen LogP contribution in [0.1, 0.15) is 62.4 Å². The number of amides is 1. The van der Waals surface area contributed by atoms with Crippen LogP contribution in [0.5, 0.6) is 0 Å². The molecular formula is C19H24N2OS2. The van der Waals surface area contributed by atoms with Gasteiger partial charge in [0.25, 0.3) is 5.91 Å². The average Bonchev–Trinajstić information content (AvgIpc) is 3.11. The van der Waals surface area contributed by atoms with Gasteiger partial charge in [0.05, 0.1) is 0 Å². The summed E-state index contributed by atoms with van der Waals surface area (Å²) in [5.74, 6) is 1.03. The summed E-state index contributed by atoms with van der Waals surface area (Å²) in [6.45, 7) is 2.29. The van der Waals surface area contributed by atoms with Crippen molar-refractivity contribution in [2.45, 2.75) is 64.0 Å². The van der Waals surface area contributed by atoms with Crippen molar-refractivity contribution < 1.29 is 4.79 Å². The number of nitrogens with zero attached hydrogens (tertiary/aromatic N) is 2. The molecule has 2 aliphatic rings. The van der Waals surface area contributed by atoms with Gasteiger partial charge in [-0.05, 0) is 55.9 Å². The van der Waals surface area contributed by atoms with E-state index >= 15 is 0 Å². The van der Waals surface area contributed by atoms with Gasteiger partial charge < -0.3 is 4.90 Å². The summed E-state index contributed by atoms with van der Waals surface area (Å²) in [6, 6.07) is 2.97. The van der Waals surface area contributed by atoms with E-state index in [0.29, 0.717) is 17.8 Å². The lowest BCUT2D eigenvalue weighted by Gasteiger charge is -2.36. The highest BCUT2D eigenvalue weighted by Crippen LogP contribution is 2.37. The van der Waals surface area contributed by atoms with Crippen molar-refractivity contribution in [3.63, 3.8) is 0 Å². The minimum absolute atomic E-state index is 0.162. The van der Waals surface area contributed by atoms with E-state index in [0.717, 1.165) is 16.5 Å². The SMILES string of the molecule is CCC1CCC(N(C(=O)c2csc(-c3ccsc3)n2)C2CC2)CC1. The lowest BCUT2D eigenvalue weighted by atomic mass is 9.84. The Hall–Kier alpha value is -1.20. The molecule has 0 spiro atoms. The van der Waals surface area contributed by atoms with Gasteiger partial charge >= 0.3 is 0 Å². The summed E-state index contributed by atoms with van der Waals surface area (Å²) in [5, 5.41) is 7.06. The fourth-order valence-electron chi connectivity index (χ4n) is 3.84. The number of thiophene rings is 1. The molecule has 0 atom stereocenters. The van der Waals surface area contributed by atoms with Gasteiger partial charge in [0.2, 0.25) is 0 Å². The zero-order valence-corrected chi connectivity index (χ0v) is 15.7. The molecule has 5 heteroatoms. The van der Waals surface area contributed by atoms with Gasteiger partial charge in [-0.15, -0.1) is 11.3 Å². The van der Waals surface area contributed by atoms with E-state index in [-0.39, 0.29) is 5.91 Å². The molecule has 0 radical (unpaired) electrons. The van der Waals surface area contributed by atoms with Crippen molar-refractivity contribution in [1.82, 2.24) is 9.88 Å². The first-order valence-corrected chi connectivity index (χ1v) is 10.9. The largest absolute Gasteiger partial charge is 0.331 e. The maximum absolute atomic E-state index is 13.1. The predicted molar refractivity (Wildman–Crippen MR) is 101 cm³/mol. The summed E-state index contributed by atoms with van der Waals surface area (Å²) in [4.78, 5) is 20.0. The van der Waals surface area contributed by atoms with E-state index in [1.165, 1.54) is 44.9 Å². The summed E-state index contributed by atoms with van der Waals surface area (Å²) < 4.78 is 0. The van der Waals surface area contributed by atoms with Gasteiger partial charge in [-0.3, -0.25) is 4.79 Å². The highest BCUT2D eigenvalue weighted by Gasteiger charge is 2.39. The standard InChI is InChI=1S/C19H24N2OS2/c1-2-13-3-5-15(6-4-13)21(16-7-8-16)19(22)17-12-24-18(20-17)14-9-10-23-11-14/h9-13,15-16H,2-8H2,1H3. The van der Waals surface area contributed by atoms with Crippen LogP contribution in [0.4, 0.5) is 0 Å². The Balaban J connectivity index is 1.51. The highest BCUT2D eigenvalue weighted by atomic mass is 32.1. The second-order valence-corrected chi connectivity index (χ2v) is 8.71. The molecule has 0 aliphatic heterocycles. The molecule has 0 N–H and O–H groups in total. The quantitative estimate of drug-likeness (QED) is 0.711. The lowest BCUT2D eigenvalue weighted by molar-refractivity contribution is 0.0582. The van der Waals surface area contributed by atoms with Crippen LogP contribution in [0.25, 0.3) is 10.6 Å². The predicted octanol–water partition coefficient (Wildman–Crippen LogP) is 5.45. The first-order chi connectivity index (χ1) is 11.8. The van der Waals surface area contributed by atoms with Crippen molar-refractivity contribution in [3.8, 4) is 10.6 Å². The molecule has 3 nitrogen and oxygen atoms in total. The van der Waals surface area contributed by atoms with E-state index in [1.54, 1.807) is 22.7 Å². The van der Waals surface area contributed by atoms with E-state index in [4.69, 9.17) is 0 Å². The summed E-state index contributed by atoms with van der Waals surface area (Å²) >= 11 is 3.25. The monoisotopic (exact) mass is 360 g/mol. The topological polar surface area (TPSA) is 33.2 Å². The zero-order valence-electron chi connectivity index (χ0n) is 14.1. The normalized spacial score (nSPS) is 24.0. The van der Waals surface area contributed by atoms with Gasteiger partial charge in [0, 0.05) is 28.4 Å². The number of hydrogen-bond acceptors (Lipinski definition) is 4. The minimum atomic E-state index is 0.162. The maximum Gasteiger partial charge on any atom is 0.273 e. The third kappa shape index (κ3) is 3.29. The van der Waals surface area contributed by atoms with E-state index in [9.17, 15) is 4.79 Å². The van der Waals surface area contributed by atoms with Crippen molar-refractivity contribution in [1.29, 1.82) is 0 Å². The van der Waals surface area contributed by atoms with Crippen LogP contribution in [-0.2, 0) is 0 Å². The van der Waals surface area contributed by atoms with Gasteiger partial charge in [-0.2, -0.15) is 11.3 Å². The van der Waals surface area contributed by atoms with Crippen LogP contribution >= 0.6 is 22.7 Å². The van der Waals surface area contributed by atoms with Gasteiger partial charge in [0.1, 0.15) is 10.7 Å². The number of thiazole rings is 1. The van der Waals surface area contributed by atoms with Crippen molar-refractivity contribution in [2.24, 2.45) is 5.92 Å². The van der Waals surface area contributed by atoms with E-state index < -0.39 is 0 Å². The fraction of sp³-hybridized carbons (Fsp3) is 0.579. The second kappa shape index (κ2) is 6.96. The Kier molecular flexibility index (Phi) is 4.72. The third-order valence-electron chi connectivity index (χ3n) is 5.45. The first-order valence-electron chi connectivity index (χ1n) is 9.07. The summed E-state index contributed by atoms with van der Waals surface area (Å²) in [6.07, 6.45) is 8.50. The maximum atomic E-state index is 13.1. The lowest BCUT2D eigenvalue weighted by Crippen LogP contribution is -2.44. The number of carbonyl (C=O) groups is 1. The van der Waals surface area contributed by atoms with Crippen LogP contribution in [0.15, 0.2) is 22.2 Å². The van der Waals surface area contributed by atoms with Crippen LogP contribution in [-0.4, -0.2) is 27.9 Å². The number of aromatic nitrogens is 1. The minimum Gasteiger partial charge on any atom is -0.331 e. The Morgan fingerprint density at radius 1 is 1.17 bits per heavy atom. The molecule has 1 amide bonds. The molecule has 2 aromatic rings. The molecule has 4 rings (SSSR count). The van der Waals surface area contributed by atoms with Crippen LogP contribution in [0.3, 0.4) is 0 Å². The first kappa shape index (κ1) is 16.3. The molecule has 0 unspecified atom stereocenters. The summed E-state index contributed by atoms with van der Waals surface area (Å²) in [5.41, 5.74) is 1.77. The Labute approximate surface area is 151 Å². The van der Waals surface area contributed by atoms with Gasteiger partial charge in [-0.25, -0.2) is 4.98 Å². The van der Waals surface area contributed by atoms with E-state index in [2.05, 4.69) is 33.6 Å². The zero-order chi connectivity index (χ0) is 16.5. The number of hydrogen-bond donors (Lipinski definition) is 0. The molecule has 0 saturated heterocycles. The highest BCUT2D eigenvalue weighted by molar-refractivity contribution is 7.14. The Morgan fingerprint density at radius 2 is 1.88 bits per heavy atom. The number of rotatable bonds is 5. The molecule has 128 valence electrons. The molecular weight excluding hydrogens is 336 g/mol. The molecule has 2 aliphatic carbocycles. The Morgan fingerprint density at radius 3 is 2.46 bits per heavy atom. The molecule has 2 heterocycles. The van der Waals surface area contributed by atoms with Crippen molar-refractivity contribution in [3.05, 3.63) is 27.9 Å². The molecule has 2 fully saturated rings. The molecule has 0 aromatic carbocycles. The smallest absolute Gasteiger partial charge is 0.273 e. The molecule has 2 saturated carbocycles. The third-order valence-corrected chi connectivity index (χ3v) is 7.03. The number of carbonyl (C=O) groups excluding carboxylic acids is 1. The molecule has 24 heavy (non-hydrogen) atoms. The van der Waals surface area contributed by atoms with Crippen molar-refractivity contribution in [2.75, 3.05) is 0 Å². The van der Waals surface area contributed by atoms with Crippen molar-refractivity contribution >= 4 is 28.6 Å². The van der Waals surface area contributed by atoms with Gasteiger partial charge in [0.15, 0.2) is 0 Å². The van der Waals surface area contributed by atoms with E-state index in [1.807, 2.05) is 5.38 Å². The summed E-state index contributed by atoms with van der Waals surface area (Å²) in [7, 11) is 0. The van der Waals surface area contributed by atoms with Crippen LogP contribution in [0.2, 0.25) is 0 Å².